The highest BCUT2D eigenvalue weighted by Crippen LogP contribution is 2.27. The molecule has 0 saturated heterocycles. The maximum Gasteiger partial charge on any atom is 0.326 e. The Balaban J connectivity index is 1.89. The largest absolute Gasteiger partial charge is 0.495 e. The number of thiazole rings is 1. The van der Waals surface area contributed by atoms with Crippen molar-refractivity contribution in [2.75, 3.05) is 13.7 Å². The molecule has 0 fully saturated rings. The molecule has 0 saturated carbocycles. The summed E-state index contributed by atoms with van der Waals surface area (Å²) >= 11 is 1.33. The van der Waals surface area contributed by atoms with Crippen LogP contribution in [0.1, 0.15) is 17.3 Å². The van der Waals surface area contributed by atoms with E-state index >= 15 is 0 Å². The van der Waals surface area contributed by atoms with Crippen LogP contribution in [0.15, 0.2) is 65.7 Å². The van der Waals surface area contributed by atoms with Crippen LogP contribution >= 0.6 is 11.3 Å². The highest BCUT2D eigenvalue weighted by molar-refractivity contribution is 7.16. The molecule has 1 aromatic heterocycles. The zero-order chi connectivity index (χ0) is 21.1. The lowest BCUT2D eigenvalue weighted by Gasteiger charge is -2.08. The number of carbonyl (C=O) groups is 2. The monoisotopic (exact) mass is 420 g/mol. The van der Waals surface area contributed by atoms with Gasteiger partial charge in [0, 0.05) is 5.56 Å². The number of rotatable bonds is 5. The average molecular weight is 420 g/mol. The Labute approximate surface area is 177 Å². The van der Waals surface area contributed by atoms with E-state index in [-0.39, 0.29) is 19.1 Å². The number of ether oxygens (including phenoxy) is 2. The highest BCUT2D eigenvalue weighted by atomic mass is 32.1. The van der Waals surface area contributed by atoms with Crippen molar-refractivity contribution in [1.29, 1.82) is 0 Å². The van der Waals surface area contributed by atoms with E-state index in [0.29, 0.717) is 21.6 Å². The molecule has 4 rings (SSSR count). The molecule has 0 aliphatic rings. The minimum atomic E-state index is -0.401. The summed E-state index contributed by atoms with van der Waals surface area (Å²) in [7, 11) is 1.57. The Hall–Kier alpha value is -3.45. The first-order valence-electron chi connectivity index (χ1n) is 9.51. The van der Waals surface area contributed by atoms with E-state index in [0.717, 1.165) is 15.5 Å². The van der Waals surface area contributed by atoms with Crippen LogP contribution in [0.5, 0.6) is 5.75 Å². The summed E-state index contributed by atoms with van der Waals surface area (Å²) in [6.07, 6.45) is 0. The number of hydrogen-bond acceptors (Lipinski definition) is 5. The third-order valence-electron chi connectivity index (χ3n) is 4.69. The summed E-state index contributed by atoms with van der Waals surface area (Å²) in [4.78, 5) is 30.1. The lowest BCUT2D eigenvalue weighted by Crippen LogP contribution is -2.23. The Morgan fingerprint density at radius 1 is 1.03 bits per heavy atom. The second-order valence-electron chi connectivity index (χ2n) is 6.53. The minimum Gasteiger partial charge on any atom is -0.495 e. The molecule has 0 radical (unpaired) electrons. The first-order valence-corrected chi connectivity index (χ1v) is 10.3. The molecule has 0 unspecified atom stereocenters. The number of hydrogen-bond donors (Lipinski definition) is 0. The molecule has 0 atom stereocenters. The topological polar surface area (TPSA) is 69.9 Å². The summed E-state index contributed by atoms with van der Waals surface area (Å²) in [6, 6.07) is 18.8. The zero-order valence-electron chi connectivity index (χ0n) is 16.6. The van der Waals surface area contributed by atoms with Gasteiger partial charge < -0.3 is 14.0 Å². The van der Waals surface area contributed by atoms with E-state index in [4.69, 9.17) is 9.47 Å². The van der Waals surface area contributed by atoms with Crippen molar-refractivity contribution in [1.82, 2.24) is 4.57 Å². The van der Waals surface area contributed by atoms with E-state index in [1.165, 1.54) is 11.3 Å². The van der Waals surface area contributed by atoms with Gasteiger partial charge in [-0.25, -0.2) is 0 Å². The predicted molar refractivity (Wildman–Crippen MR) is 117 cm³/mol. The molecule has 0 spiro atoms. The third kappa shape index (κ3) is 3.71. The first-order chi connectivity index (χ1) is 14.6. The molecule has 152 valence electrons. The van der Waals surface area contributed by atoms with E-state index in [9.17, 15) is 9.59 Å². The Morgan fingerprint density at radius 2 is 1.80 bits per heavy atom. The molecule has 0 aliphatic carbocycles. The van der Waals surface area contributed by atoms with Gasteiger partial charge in [-0.15, -0.1) is 0 Å². The molecule has 4 aromatic rings. The predicted octanol–water partition coefficient (Wildman–Crippen LogP) is 4.17. The van der Waals surface area contributed by atoms with Crippen molar-refractivity contribution in [3.05, 3.63) is 71.0 Å². The Morgan fingerprint density at radius 3 is 2.60 bits per heavy atom. The van der Waals surface area contributed by atoms with Crippen LogP contribution in [0.3, 0.4) is 0 Å². The fraction of sp³-hybridized carbons (Fsp3) is 0.174. The number of carbonyl (C=O) groups excluding carboxylic acids is 2. The minimum absolute atomic E-state index is 0.0597. The van der Waals surface area contributed by atoms with Gasteiger partial charge in [-0.2, -0.15) is 4.99 Å². The van der Waals surface area contributed by atoms with E-state index < -0.39 is 5.97 Å². The Kier molecular flexibility index (Phi) is 5.63. The number of amides is 1. The van der Waals surface area contributed by atoms with Crippen molar-refractivity contribution in [3.63, 3.8) is 0 Å². The van der Waals surface area contributed by atoms with Gasteiger partial charge in [-0.3, -0.25) is 9.59 Å². The number of esters is 1. The van der Waals surface area contributed by atoms with Crippen molar-refractivity contribution in [2.24, 2.45) is 4.99 Å². The number of fused-ring (bicyclic) bond motifs is 2. The number of para-hydroxylation sites is 1. The number of benzene rings is 3. The van der Waals surface area contributed by atoms with Crippen LogP contribution in [0.2, 0.25) is 0 Å². The third-order valence-corrected chi connectivity index (χ3v) is 5.74. The summed E-state index contributed by atoms with van der Waals surface area (Å²) < 4.78 is 13.1. The molecule has 1 amide bonds. The number of aromatic nitrogens is 1. The van der Waals surface area contributed by atoms with Gasteiger partial charge in [-0.1, -0.05) is 53.8 Å². The van der Waals surface area contributed by atoms with Crippen molar-refractivity contribution >= 4 is 44.2 Å². The van der Waals surface area contributed by atoms with Crippen LogP contribution in [0, 0.1) is 0 Å². The standard InChI is InChI=1S/C23H20N2O4S/c1-3-29-20(26)14-25-21-18(28-2)12-7-13-19(21)30-23(25)24-22(27)17-11-6-9-15-8-4-5-10-16(15)17/h4-13H,3,14H2,1-2H3. The zero-order valence-corrected chi connectivity index (χ0v) is 17.4. The number of nitrogens with zero attached hydrogens (tertiary/aromatic N) is 2. The van der Waals surface area contributed by atoms with Crippen LogP contribution < -0.4 is 9.54 Å². The fourth-order valence-electron chi connectivity index (χ4n) is 3.39. The fourth-order valence-corrected chi connectivity index (χ4v) is 4.43. The summed E-state index contributed by atoms with van der Waals surface area (Å²) in [6.45, 7) is 1.97. The highest BCUT2D eigenvalue weighted by Gasteiger charge is 2.16. The van der Waals surface area contributed by atoms with Crippen LogP contribution in [-0.2, 0) is 16.1 Å². The van der Waals surface area contributed by atoms with Gasteiger partial charge in [0.25, 0.3) is 5.91 Å². The average Bonchev–Trinajstić information content (AvgIpc) is 3.10. The Bertz CT molecular complexity index is 1310. The normalized spacial score (nSPS) is 11.7. The SMILES string of the molecule is CCOC(=O)Cn1c(=NC(=O)c2cccc3ccccc23)sc2cccc(OC)c21. The molecule has 1 heterocycles. The van der Waals surface area contributed by atoms with E-state index in [1.54, 1.807) is 24.7 Å². The van der Waals surface area contributed by atoms with Crippen LogP contribution in [0.4, 0.5) is 0 Å². The van der Waals surface area contributed by atoms with Gasteiger partial charge in [0.2, 0.25) is 0 Å². The van der Waals surface area contributed by atoms with Gasteiger partial charge >= 0.3 is 5.97 Å². The molecule has 6 nitrogen and oxygen atoms in total. The van der Waals surface area contributed by atoms with Crippen LogP contribution in [-0.4, -0.2) is 30.2 Å². The quantitative estimate of drug-likeness (QED) is 0.455. The second-order valence-corrected chi connectivity index (χ2v) is 7.54. The molecule has 7 heteroatoms. The van der Waals surface area contributed by atoms with Gasteiger partial charge in [0.05, 0.1) is 18.4 Å². The lowest BCUT2D eigenvalue weighted by molar-refractivity contribution is -0.143. The number of methoxy groups -OCH3 is 1. The van der Waals surface area contributed by atoms with E-state index in [1.807, 2.05) is 54.6 Å². The van der Waals surface area contributed by atoms with Gasteiger partial charge in [0.15, 0.2) is 4.80 Å². The molecule has 0 N–H and O–H groups in total. The maximum absolute atomic E-state index is 13.1. The van der Waals surface area contributed by atoms with Crippen LogP contribution in [0.25, 0.3) is 21.0 Å². The van der Waals surface area contributed by atoms with Crippen molar-refractivity contribution in [3.8, 4) is 5.75 Å². The van der Waals surface area contributed by atoms with Crippen molar-refractivity contribution in [2.45, 2.75) is 13.5 Å². The molecular formula is C23H20N2O4S. The van der Waals surface area contributed by atoms with Crippen molar-refractivity contribution < 1.29 is 19.1 Å². The van der Waals surface area contributed by atoms with Gasteiger partial charge in [0.1, 0.15) is 17.8 Å². The van der Waals surface area contributed by atoms with Gasteiger partial charge in [-0.05, 0) is 35.9 Å². The van der Waals surface area contributed by atoms with E-state index in [2.05, 4.69) is 4.99 Å². The molecular weight excluding hydrogens is 400 g/mol. The second kappa shape index (κ2) is 8.51. The maximum atomic E-state index is 13.1. The first kappa shape index (κ1) is 19.8. The summed E-state index contributed by atoms with van der Waals surface area (Å²) in [5.74, 6) is -0.163. The molecule has 30 heavy (non-hydrogen) atoms. The summed E-state index contributed by atoms with van der Waals surface area (Å²) in [5.41, 5.74) is 1.22. The molecule has 0 aliphatic heterocycles. The molecule has 0 bridgehead atoms. The smallest absolute Gasteiger partial charge is 0.326 e. The lowest BCUT2D eigenvalue weighted by atomic mass is 10.0. The molecule has 3 aromatic carbocycles. The summed E-state index contributed by atoms with van der Waals surface area (Å²) in [5, 5.41) is 1.81.